The molecule has 0 amide bonds. The number of hydrogen-bond donors (Lipinski definition) is 2. The van der Waals surface area contributed by atoms with Gasteiger partial charge in [-0.15, -0.1) is 0 Å². The first-order valence-corrected chi connectivity index (χ1v) is 8.54. The minimum Gasteiger partial charge on any atom is -0.452 e. The number of halogens is 1. The Morgan fingerprint density at radius 1 is 1.43 bits per heavy atom. The van der Waals surface area contributed by atoms with Crippen LogP contribution in [-0.4, -0.2) is 31.6 Å². The monoisotopic (exact) mass is 378 g/mol. The summed E-state index contributed by atoms with van der Waals surface area (Å²) in [6.45, 7) is 3.34. The first kappa shape index (κ1) is 16.1. The Kier molecular flexibility index (Phi) is 5.51. The summed E-state index contributed by atoms with van der Waals surface area (Å²) in [6, 6.07) is 1.49. The van der Waals surface area contributed by atoms with Crippen molar-refractivity contribution in [2.75, 3.05) is 13.1 Å². The van der Waals surface area contributed by atoms with Gasteiger partial charge in [-0.2, -0.15) is 4.98 Å². The number of hydrogen-bond acceptors (Lipinski definition) is 7. The average molecular weight is 379 g/mol. The standard InChI is InChI=1S/C11H15BrN4O4S/c1-2-13-6-8-5-9(11(12)19-8)21(17,18)16-4-3-10-14-7-15-20-10/h5,7,13,16H,2-4,6H2,1H3. The molecular formula is C11H15BrN4O4S. The molecule has 21 heavy (non-hydrogen) atoms. The van der Waals surface area contributed by atoms with Gasteiger partial charge in [0.05, 0.1) is 6.54 Å². The zero-order valence-corrected chi connectivity index (χ0v) is 13.7. The zero-order valence-electron chi connectivity index (χ0n) is 11.3. The highest BCUT2D eigenvalue weighted by Crippen LogP contribution is 2.25. The average Bonchev–Trinajstić information content (AvgIpc) is 3.06. The van der Waals surface area contributed by atoms with Crippen LogP contribution in [0, 0.1) is 0 Å². The minimum atomic E-state index is -3.66. The van der Waals surface area contributed by atoms with Crippen molar-refractivity contribution < 1.29 is 17.4 Å². The highest BCUT2D eigenvalue weighted by atomic mass is 79.9. The third-order valence-corrected chi connectivity index (χ3v) is 4.90. The third kappa shape index (κ3) is 4.37. The first-order chi connectivity index (χ1) is 10.0. The van der Waals surface area contributed by atoms with Gasteiger partial charge in [0.1, 0.15) is 10.7 Å². The normalized spacial score (nSPS) is 11.9. The molecule has 2 aromatic rings. The van der Waals surface area contributed by atoms with Gasteiger partial charge in [-0.1, -0.05) is 12.1 Å². The summed E-state index contributed by atoms with van der Waals surface area (Å²) < 4.78 is 37.1. The summed E-state index contributed by atoms with van der Waals surface area (Å²) in [6.07, 6.45) is 1.59. The van der Waals surface area contributed by atoms with Crippen LogP contribution in [0.5, 0.6) is 0 Å². The Balaban J connectivity index is 1.99. The maximum absolute atomic E-state index is 12.2. The largest absolute Gasteiger partial charge is 0.452 e. The summed E-state index contributed by atoms with van der Waals surface area (Å²) in [5, 5.41) is 6.51. The molecule has 0 unspecified atom stereocenters. The van der Waals surface area contributed by atoms with Crippen molar-refractivity contribution in [3.63, 3.8) is 0 Å². The number of rotatable bonds is 8. The maximum Gasteiger partial charge on any atom is 0.244 e. The van der Waals surface area contributed by atoms with E-state index in [1.54, 1.807) is 0 Å². The van der Waals surface area contributed by atoms with E-state index in [1.807, 2.05) is 6.92 Å². The van der Waals surface area contributed by atoms with E-state index in [1.165, 1.54) is 12.4 Å². The number of furan rings is 1. The number of nitrogens with one attached hydrogen (secondary N) is 2. The minimum absolute atomic E-state index is 0.0703. The lowest BCUT2D eigenvalue weighted by Gasteiger charge is -2.02. The molecule has 0 radical (unpaired) electrons. The van der Waals surface area contributed by atoms with E-state index in [0.717, 1.165) is 6.54 Å². The van der Waals surface area contributed by atoms with Gasteiger partial charge < -0.3 is 14.3 Å². The van der Waals surface area contributed by atoms with E-state index in [2.05, 4.69) is 36.1 Å². The Hall–Kier alpha value is -1.23. The Labute approximate surface area is 130 Å². The van der Waals surface area contributed by atoms with E-state index >= 15 is 0 Å². The fourth-order valence-electron chi connectivity index (χ4n) is 1.59. The molecule has 2 N–H and O–H groups in total. The van der Waals surface area contributed by atoms with Crippen LogP contribution in [0.25, 0.3) is 0 Å². The molecule has 0 aliphatic heterocycles. The molecule has 0 saturated heterocycles. The van der Waals surface area contributed by atoms with Crippen LogP contribution in [0.15, 0.2) is 30.9 Å². The summed E-state index contributed by atoms with van der Waals surface area (Å²) in [7, 11) is -3.66. The second kappa shape index (κ2) is 7.16. The third-order valence-electron chi connectivity index (χ3n) is 2.58. The molecule has 0 atom stereocenters. The van der Waals surface area contributed by atoms with Crippen LogP contribution < -0.4 is 10.0 Å². The topological polar surface area (TPSA) is 110 Å². The fourth-order valence-corrected chi connectivity index (χ4v) is 3.62. The van der Waals surface area contributed by atoms with Crippen molar-refractivity contribution in [3.05, 3.63) is 28.7 Å². The van der Waals surface area contributed by atoms with E-state index in [9.17, 15) is 8.42 Å². The lowest BCUT2D eigenvalue weighted by atomic mass is 10.4. The SMILES string of the molecule is CCNCc1cc(S(=O)(=O)NCCc2ncno2)c(Br)o1. The van der Waals surface area contributed by atoms with Crippen molar-refractivity contribution in [2.45, 2.75) is 24.8 Å². The summed E-state index contributed by atoms with van der Waals surface area (Å²) >= 11 is 3.12. The molecule has 0 aliphatic rings. The molecule has 0 bridgehead atoms. The van der Waals surface area contributed by atoms with Crippen LogP contribution in [0.2, 0.25) is 0 Å². The van der Waals surface area contributed by atoms with Crippen molar-refractivity contribution in [2.24, 2.45) is 0 Å². The molecule has 0 fully saturated rings. The second-order valence-electron chi connectivity index (χ2n) is 4.11. The molecule has 0 aliphatic carbocycles. The second-order valence-corrected chi connectivity index (χ2v) is 6.57. The number of nitrogens with zero attached hydrogens (tertiary/aromatic N) is 2. The number of aromatic nitrogens is 2. The van der Waals surface area contributed by atoms with Gasteiger partial charge in [0.15, 0.2) is 11.0 Å². The van der Waals surface area contributed by atoms with Crippen molar-refractivity contribution in [1.29, 1.82) is 0 Å². The lowest BCUT2D eigenvalue weighted by molar-refractivity contribution is 0.377. The summed E-state index contributed by atoms with van der Waals surface area (Å²) in [5.41, 5.74) is 0. The van der Waals surface area contributed by atoms with Gasteiger partial charge in [0.25, 0.3) is 0 Å². The molecule has 0 saturated carbocycles. The van der Waals surface area contributed by atoms with Gasteiger partial charge in [-0.05, 0) is 22.5 Å². The molecule has 2 heterocycles. The van der Waals surface area contributed by atoms with Crippen LogP contribution in [0.1, 0.15) is 18.6 Å². The predicted molar refractivity (Wildman–Crippen MR) is 77.0 cm³/mol. The molecule has 2 aromatic heterocycles. The van der Waals surface area contributed by atoms with Crippen molar-refractivity contribution >= 4 is 26.0 Å². The molecular weight excluding hydrogens is 364 g/mol. The van der Waals surface area contributed by atoms with Crippen LogP contribution in [-0.2, 0) is 23.0 Å². The van der Waals surface area contributed by atoms with Gasteiger partial charge >= 0.3 is 0 Å². The lowest BCUT2D eigenvalue weighted by Crippen LogP contribution is -2.26. The van der Waals surface area contributed by atoms with E-state index in [4.69, 9.17) is 8.94 Å². The number of sulfonamides is 1. The highest BCUT2D eigenvalue weighted by molar-refractivity contribution is 9.10. The van der Waals surface area contributed by atoms with E-state index < -0.39 is 10.0 Å². The summed E-state index contributed by atoms with van der Waals surface area (Å²) in [5.74, 6) is 0.915. The van der Waals surface area contributed by atoms with Gasteiger partial charge in [-0.25, -0.2) is 13.1 Å². The highest BCUT2D eigenvalue weighted by Gasteiger charge is 2.22. The molecule has 2 rings (SSSR count). The molecule has 10 heteroatoms. The van der Waals surface area contributed by atoms with Crippen molar-refractivity contribution in [1.82, 2.24) is 20.2 Å². The van der Waals surface area contributed by atoms with Gasteiger partial charge in [-0.3, -0.25) is 0 Å². The molecule has 0 aromatic carbocycles. The van der Waals surface area contributed by atoms with Crippen LogP contribution in [0.3, 0.4) is 0 Å². The smallest absolute Gasteiger partial charge is 0.244 e. The quantitative estimate of drug-likeness (QED) is 0.706. The summed E-state index contributed by atoms with van der Waals surface area (Å²) in [4.78, 5) is 3.89. The van der Waals surface area contributed by atoms with Gasteiger partial charge in [0, 0.05) is 19.0 Å². The van der Waals surface area contributed by atoms with Crippen LogP contribution in [0.4, 0.5) is 0 Å². The molecule has 116 valence electrons. The Morgan fingerprint density at radius 2 is 2.24 bits per heavy atom. The maximum atomic E-state index is 12.2. The first-order valence-electron chi connectivity index (χ1n) is 6.27. The van der Waals surface area contributed by atoms with Crippen molar-refractivity contribution in [3.8, 4) is 0 Å². The molecule has 0 spiro atoms. The zero-order chi connectivity index (χ0) is 15.3. The Bertz CT molecular complexity index is 668. The van der Waals surface area contributed by atoms with Crippen LogP contribution >= 0.6 is 15.9 Å². The fraction of sp³-hybridized carbons (Fsp3) is 0.455. The molecule has 8 nitrogen and oxygen atoms in total. The van der Waals surface area contributed by atoms with E-state index in [0.29, 0.717) is 24.6 Å². The predicted octanol–water partition coefficient (Wildman–Crippen LogP) is 1.06. The van der Waals surface area contributed by atoms with E-state index in [-0.39, 0.29) is 16.1 Å². The Morgan fingerprint density at radius 3 is 2.90 bits per heavy atom. The van der Waals surface area contributed by atoms with Gasteiger partial charge in [0.2, 0.25) is 15.9 Å².